The van der Waals surface area contributed by atoms with Crippen molar-refractivity contribution in [2.24, 2.45) is 5.92 Å². The molecule has 0 aromatic carbocycles. The first kappa shape index (κ1) is 19.3. The molecular formula is C21H35N7O. The molecule has 4 atom stereocenters. The van der Waals surface area contributed by atoms with E-state index in [0.717, 1.165) is 37.5 Å². The zero-order chi connectivity index (χ0) is 19.8. The van der Waals surface area contributed by atoms with E-state index in [0.29, 0.717) is 30.6 Å². The van der Waals surface area contributed by atoms with E-state index < -0.39 is 0 Å². The lowest BCUT2D eigenvalue weighted by Crippen LogP contribution is -2.53. The summed E-state index contributed by atoms with van der Waals surface area (Å²) >= 11 is 0. The van der Waals surface area contributed by atoms with Crippen LogP contribution in [0.2, 0.25) is 0 Å². The normalized spacial score (nSPS) is 31.8. The van der Waals surface area contributed by atoms with Crippen molar-refractivity contribution in [1.29, 1.82) is 0 Å². The minimum absolute atomic E-state index is 0.199. The van der Waals surface area contributed by atoms with Gasteiger partial charge in [-0.1, -0.05) is 32.1 Å². The molecule has 160 valence electrons. The van der Waals surface area contributed by atoms with Crippen LogP contribution in [0.25, 0.3) is 0 Å². The fourth-order valence-corrected chi connectivity index (χ4v) is 5.93. The van der Waals surface area contributed by atoms with Crippen LogP contribution in [0.3, 0.4) is 0 Å². The standard InChI is InChI=1S/C21H35N7O/c1-14-22-20-16-10-5-6-11-17(16)27-18(24-25-21(27)28(20)26-14)12-7-13-19(29)23-15-8-3-2-4-9-15/h14-17,20,22,26H,2-13H2,1H3,(H,23,29). The van der Waals surface area contributed by atoms with Crippen LogP contribution >= 0.6 is 0 Å². The van der Waals surface area contributed by atoms with Crippen LogP contribution < -0.4 is 21.1 Å². The molecule has 29 heavy (non-hydrogen) atoms. The van der Waals surface area contributed by atoms with Crippen molar-refractivity contribution in [2.45, 2.75) is 108 Å². The van der Waals surface area contributed by atoms with Gasteiger partial charge in [-0.15, -0.1) is 10.2 Å². The highest BCUT2D eigenvalue weighted by molar-refractivity contribution is 5.76. The molecule has 8 nitrogen and oxygen atoms in total. The van der Waals surface area contributed by atoms with E-state index in [1.54, 1.807) is 0 Å². The van der Waals surface area contributed by atoms with E-state index in [1.165, 1.54) is 44.9 Å². The Morgan fingerprint density at radius 2 is 1.90 bits per heavy atom. The van der Waals surface area contributed by atoms with Gasteiger partial charge < -0.3 is 5.32 Å². The van der Waals surface area contributed by atoms with Crippen LogP contribution in [0.4, 0.5) is 5.95 Å². The fraction of sp³-hybridized carbons (Fsp3) is 0.857. The smallest absolute Gasteiger partial charge is 0.243 e. The summed E-state index contributed by atoms with van der Waals surface area (Å²) in [4.78, 5) is 12.4. The minimum Gasteiger partial charge on any atom is -0.353 e. The summed E-state index contributed by atoms with van der Waals surface area (Å²) in [5.74, 6) is 2.77. The molecule has 0 spiro atoms. The number of amides is 1. The highest BCUT2D eigenvalue weighted by Crippen LogP contribution is 2.44. The third-order valence-corrected chi connectivity index (χ3v) is 7.29. The maximum absolute atomic E-state index is 12.4. The second-order valence-electron chi connectivity index (χ2n) is 9.39. The summed E-state index contributed by atoms with van der Waals surface area (Å²) in [5.41, 5.74) is 3.51. The van der Waals surface area contributed by atoms with Crippen molar-refractivity contribution >= 4 is 11.9 Å². The van der Waals surface area contributed by atoms with Crippen molar-refractivity contribution in [3.63, 3.8) is 0 Å². The van der Waals surface area contributed by atoms with Gasteiger partial charge in [0.05, 0.1) is 6.17 Å². The summed E-state index contributed by atoms with van der Waals surface area (Å²) in [6, 6.07) is 0.869. The summed E-state index contributed by atoms with van der Waals surface area (Å²) in [5, 5.41) is 18.2. The molecule has 0 bridgehead atoms. The average Bonchev–Trinajstić information content (AvgIpc) is 3.32. The number of aryl methyl sites for hydroxylation is 1. The Bertz CT molecular complexity index is 729. The SMILES string of the molecule is CC1NC2C3CCCCC3n3c(CCCC(=O)NC4CCCCC4)nnc3N2N1. The number of hydrogen-bond donors (Lipinski definition) is 3. The van der Waals surface area contributed by atoms with Crippen LogP contribution in [-0.2, 0) is 11.2 Å². The van der Waals surface area contributed by atoms with E-state index in [1.807, 2.05) is 0 Å². The van der Waals surface area contributed by atoms with Crippen molar-refractivity contribution in [3.05, 3.63) is 5.82 Å². The van der Waals surface area contributed by atoms with Crippen LogP contribution in [0.5, 0.6) is 0 Å². The van der Waals surface area contributed by atoms with Gasteiger partial charge in [0.2, 0.25) is 11.9 Å². The maximum atomic E-state index is 12.4. The highest BCUT2D eigenvalue weighted by Gasteiger charge is 2.47. The summed E-state index contributed by atoms with van der Waals surface area (Å²) in [6.07, 6.45) is 13.9. The molecule has 4 unspecified atom stereocenters. The topological polar surface area (TPSA) is 87.1 Å². The van der Waals surface area contributed by atoms with E-state index in [-0.39, 0.29) is 12.1 Å². The van der Waals surface area contributed by atoms with E-state index in [4.69, 9.17) is 0 Å². The van der Waals surface area contributed by atoms with Gasteiger partial charge in [0.15, 0.2) is 0 Å². The molecule has 1 aromatic rings. The van der Waals surface area contributed by atoms with Gasteiger partial charge in [-0.3, -0.25) is 19.7 Å². The lowest BCUT2D eigenvalue weighted by molar-refractivity contribution is -0.122. The van der Waals surface area contributed by atoms with Crippen molar-refractivity contribution in [3.8, 4) is 0 Å². The van der Waals surface area contributed by atoms with E-state index >= 15 is 0 Å². The van der Waals surface area contributed by atoms with E-state index in [9.17, 15) is 4.79 Å². The lowest BCUT2D eigenvalue weighted by Gasteiger charge is -2.44. The molecule has 3 fully saturated rings. The fourth-order valence-electron chi connectivity index (χ4n) is 5.93. The molecule has 3 heterocycles. The van der Waals surface area contributed by atoms with Crippen LogP contribution in [-0.4, -0.2) is 39.0 Å². The number of nitrogens with zero attached hydrogens (tertiary/aromatic N) is 4. The summed E-state index contributed by atoms with van der Waals surface area (Å²) < 4.78 is 2.38. The number of carbonyl (C=O) groups is 1. The Balaban J connectivity index is 1.24. The Labute approximate surface area is 173 Å². The number of hydrogen-bond acceptors (Lipinski definition) is 6. The van der Waals surface area contributed by atoms with E-state index in [2.05, 4.69) is 42.8 Å². The second-order valence-corrected chi connectivity index (χ2v) is 9.39. The molecule has 2 aliphatic heterocycles. The van der Waals surface area contributed by atoms with Gasteiger partial charge in [-0.2, -0.15) is 0 Å². The van der Waals surface area contributed by atoms with Gasteiger partial charge in [-0.05, 0) is 39.0 Å². The number of nitrogens with one attached hydrogen (secondary N) is 3. The molecule has 0 radical (unpaired) electrons. The number of carbonyl (C=O) groups excluding carboxylic acids is 1. The molecule has 1 aromatic heterocycles. The van der Waals surface area contributed by atoms with Gasteiger partial charge in [0.1, 0.15) is 12.0 Å². The summed E-state index contributed by atoms with van der Waals surface area (Å²) in [7, 11) is 0. The number of rotatable bonds is 5. The molecule has 1 saturated heterocycles. The molecule has 3 N–H and O–H groups in total. The Morgan fingerprint density at radius 1 is 1.10 bits per heavy atom. The first-order chi connectivity index (χ1) is 14.2. The summed E-state index contributed by atoms with van der Waals surface area (Å²) in [6.45, 7) is 2.16. The second kappa shape index (κ2) is 8.22. The molecule has 2 saturated carbocycles. The number of hydrazine groups is 1. The average molecular weight is 402 g/mol. The number of anilines is 1. The van der Waals surface area contributed by atoms with Crippen LogP contribution in [0, 0.1) is 5.92 Å². The third-order valence-electron chi connectivity index (χ3n) is 7.29. The third kappa shape index (κ3) is 3.77. The Morgan fingerprint density at radius 3 is 2.76 bits per heavy atom. The molecule has 5 rings (SSSR count). The van der Waals surface area contributed by atoms with Gasteiger partial charge >= 0.3 is 0 Å². The molecule has 1 amide bonds. The van der Waals surface area contributed by atoms with Crippen molar-refractivity contribution < 1.29 is 4.79 Å². The quantitative estimate of drug-likeness (QED) is 0.702. The monoisotopic (exact) mass is 401 g/mol. The predicted octanol–water partition coefficient (Wildman–Crippen LogP) is 2.38. The largest absolute Gasteiger partial charge is 0.353 e. The first-order valence-electron chi connectivity index (χ1n) is 11.8. The van der Waals surface area contributed by atoms with Gasteiger partial charge in [0, 0.05) is 30.8 Å². The minimum atomic E-state index is 0.199. The first-order valence-corrected chi connectivity index (χ1v) is 11.8. The zero-order valence-corrected chi connectivity index (χ0v) is 17.6. The number of fused-ring (bicyclic) bond motifs is 6. The predicted molar refractivity (Wildman–Crippen MR) is 111 cm³/mol. The molecule has 2 aliphatic carbocycles. The number of aromatic nitrogens is 3. The van der Waals surface area contributed by atoms with Crippen LogP contribution in [0.1, 0.15) is 89.4 Å². The van der Waals surface area contributed by atoms with Crippen molar-refractivity contribution in [1.82, 2.24) is 30.8 Å². The Hall–Kier alpha value is -1.67. The molecular weight excluding hydrogens is 366 g/mol. The zero-order valence-electron chi connectivity index (χ0n) is 17.6. The molecule has 4 aliphatic rings. The Kier molecular flexibility index (Phi) is 5.47. The van der Waals surface area contributed by atoms with Gasteiger partial charge in [0.25, 0.3) is 0 Å². The van der Waals surface area contributed by atoms with Crippen LogP contribution in [0.15, 0.2) is 0 Å². The van der Waals surface area contributed by atoms with Crippen molar-refractivity contribution in [2.75, 3.05) is 5.01 Å². The molecule has 8 heteroatoms. The lowest BCUT2D eigenvalue weighted by atomic mass is 9.81. The van der Waals surface area contributed by atoms with Gasteiger partial charge in [-0.25, -0.2) is 5.43 Å². The maximum Gasteiger partial charge on any atom is 0.243 e. The highest BCUT2D eigenvalue weighted by atomic mass is 16.1.